The highest BCUT2D eigenvalue weighted by Gasteiger charge is 2.06. The van der Waals surface area contributed by atoms with Gasteiger partial charge in [-0.15, -0.1) is 0 Å². The number of nitrogens with one attached hydrogen (secondary N) is 1. The second-order valence-electron chi connectivity index (χ2n) is 2.37. The first kappa shape index (κ1) is 10.7. The third kappa shape index (κ3) is 2.74. The van der Waals surface area contributed by atoms with Crippen molar-refractivity contribution in [2.75, 3.05) is 7.05 Å². The molecule has 0 aliphatic rings. The van der Waals surface area contributed by atoms with Gasteiger partial charge in [0.1, 0.15) is 0 Å². The van der Waals surface area contributed by atoms with Gasteiger partial charge in [0.2, 0.25) is 0 Å². The van der Waals surface area contributed by atoms with E-state index in [9.17, 15) is 4.79 Å². The Morgan fingerprint density at radius 2 is 2.08 bits per heavy atom. The lowest BCUT2D eigenvalue weighted by atomic mass is 10.1. The second kappa shape index (κ2) is 5.35. The molecule has 0 aliphatic carbocycles. The standard InChI is InChI=1S/C10H15NO/c1-5-7-9(8(3)6-2)10(12)11-4/h5-7H,1H2,2-4H3,(H,11,12)/b8-6-,9-7+. The quantitative estimate of drug-likeness (QED) is 0.501. The monoisotopic (exact) mass is 165 g/mol. The zero-order chi connectivity index (χ0) is 9.56. The van der Waals surface area contributed by atoms with Gasteiger partial charge >= 0.3 is 0 Å². The fourth-order valence-electron chi connectivity index (χ4n) is 0.794. The summed E-state index contributed by atoms with van der Waals surface area (Å²) in [6.45, 7) is 7.34. The summed E-state index contributed by atoms with van der Waals surface area (Å²) >= 11 is 0. The van der Waals surface area contributed by atoms with Crippen LogP contribution >= 0.6 is 0 Å². The molecular weight excluding hydrogens is 150 g/mol. The molecule has 0 radical (unpaired) electrons. The molecule has 12 heavy (non-hydrogen) atoms. The third-order valence-electron chi connectivity index (χ3n) is 1.61. The summed E-state index contributed by atoms with van der Waals surface area (Å²) in [6.07, 6.45) is 5.20. The van der Waals surface area contributed by atoms with Crippen LogP contribution in [-0.2, 0) is 4.79 Å². The minimum Gasteiger partial charge on any atom is -0.355 e. The molecular formula is C10H15NO. The fraction of sp³-hybridized carbons (Fsp3) is 0.300. The van der Waals surface area contributed by atoms with Crippen LogP contribution in [0.5, 0.6) is 0 Å². The van der Waals surface area contributed by atoms with Crippen LogP contribution < -0.4 is 5.32 Å². The Kier molecular flexibility index (Phi) is 4.77. The normalized spacial score (nSPS) is 12.6. The second-order valence-corrected chi connectivity index (χ2v) is 2.37. The molecule has 0 bridgehead atoms. The molecule has 1 N–H and O–H groups in total. The van der Waals surface area contributed by atoms with Crippen molar-refractivity contribution in [3.05, 3.63) is 36.0 Å². The van der Waals surface area contributed by atoms with Crippen LogP contribution in [0.1, 0.15) is 13.8 Å². The highest BCUT2D eigenvalue weighted by molar-refractivity contribution is 5.97. The van der Waals surface area contributed by atoms with Gasteiger partial charge in [-0.25, -0.2) is 0 Å². The summed E-state index contributed by atoms with van der Waals surface area (Å²) < 4.78 is 0. The van der Waals surface area contributed by atoms with Crippen molar-refractivity contribution >= 4 is 5.91 Å². The van der Waals surface area contributed by atoms with Gasteiger partial charge in [-0.2, -0.15) is 0 Å². The van der Waals surface area contributed by atoms with E-state index >= 15 is 0 Å². The molecule has 0 aliphatic heterocycles. The van der Waals surface area contributed by atoms with Gasteiger partial charge in [0, 0.05) is 12.6 Å². The molecule has 0 rings (SSSR count). The van der Waals surface area contributed by atoms with Crippen molar-refractivity contribution in [2.24, 2.45) is 0 Å². The molecule has 0 saturated heterocycles. The van der Waals surface area contributed by atoms with Gasteiger partial charge in [0.25, 0.3) is 5.91 Å². The first-order valence-electron chi connectivity index (χ1n) is 3.85. The summed E-state index contributed by atoms with van der Waals surface area (Å²) in [5.74, 6) is -0.0782. The van der Waals surface area contributed by atoms with Gasteiger partial charge in [-0.05, 0) is 25.5 Å². The van der Waals surface area contributed by atoms with Crippen molar-refractivity contribution in [1.29, 1.82) is 0 Å². The summed E-state index contributed by atoms with van der Waals surface area (Å²) in [6, 6.07) is 0. The lowest BCUT2D eigenvalue weighted by Crippen LogP contribution is -2.20. The number of amides is 1. The molecule has 0 aromatic carbocycles. The molecule has 0 atom stereocenters. The number of carbonyl (C=O) groups is 1. The van der Waals surface area contributed by atoms with E-state index in [4.69, 9.17) is 0 Å². The number of allylic oxidation sites excluding steroid dienone is 3. The van der Waals surface area contributed by atoms with Crippen LogP contribution in [0.4, 0.5) is 0 Å². The molecule has 0 spiro atoms. The number of rotatable bonds is 3. The van der Waals surface area contributed by atoms with E-state index in [1.165, 1.54) is 0 Å². The molecule has 0 aromatic heterocycles. The maximum absolute atomic E-state index is 11.2. The van der Waals surface area contributed by atoms with Crippen LogP contribution in [0.2, 0.25) is 0 Å². The van der Waals surface area contributed by atoms with E-state index in [1.807, 2.05) is 19.9 Å². The Bertz CT molecular complexity index is 236. The Labute approximate surface area is 73.7 Å². The topological polar surface area (TPSA) is 29.1 Å². The van der Waals surface area contributed by atoms with Crippen molar-refractivity contribution in [2.45, 2.75) is 13.8 Å². The average Bonchev–Trinajstić information content (AvgIpc) is 2.11. The molecule has 2 heteroatoms. The maximum atomic E-state index is 11.2. The predicted molar refractivity (Wildman–Crippen MR) is 51.8 cm³/mol. The Balaban J connectivity index is 4.80. The van der Waals surface area contributed by atoms with Gasteiger partial charge < -0.3 is 5.32 Å². The molecule has 0 unspecified atom stereocenters. The van der Waals surface area contributed by atoms with Crippen molar-refractivity contribution in [3.63, 3.8) is 0 Å². The molecule has 0 fully saturated rings. The summed E-state index contributed by atoms with van der Waals surface area (Å²) in [5.41, 5.74) is 1.62. The first-order chi connectivity index (χ1) is 5.67. The maximum Gasteiger partial charge on any atom is 0.251 e. The van der Waals surface area contributed by atoms with Crippen LogP contribution in [0, 0.1) is 0 Å². The smallest absolute Gasteiger partial charge is 0.251 e. The zero-order valence-corrected chi connectivity index (χ0v) is 7.85. The summed E-state index contributed by atoms with van der Waals surface area (Å²) in [5, 5.41) is 2.57. The van der Waals surface area contributed by atoms with E-state index in [2.05, 4.69) is 11.9 Å². The van der Waals surface area contributed by atoms with E-state index in [1.54, 1.807) is 19.2 Å². The number of hydrogen-bond donors (Lipinski definition) is 1. The summed E-state index contributed by atoms with van der Waals surface area (Å²) in [4.78, 5) is 11.2. The van der Waals surface area contributed by atoms with Gasteiger partial charge in [0.15, 0.2) is 0 Å². The zero-order valence-electron chi connectivity index (χ0n) is 7.85. The Morgan fingerprint density at radius 3 is 2.42 bits per heavy atom. The van der Waals surface area contributed by atoms with Crippen molar-refractivity contribution < 1.29 is 4.79 Å². The van der Waals surface area contributed by atoms with Gasteiger partial charge in [0.05, 0.1) is 0 Å². The molecule has 66 valence electrons. The highest BCUT2D eigenvalue weighted by Crippen LogP contribution is 2.08. The van der Waals surface area contributed by atoms with E-state index in [0.29, 0.717) is 5.57 Å². The predicted octanol–water partition coefficient (Wildman–Crippen LogP) is 1.81. The third-order valence-corrected chi connectivity index (χ3v) is 1.61. The summed E-state index contributed by atoms with van der Waals surface area (Å²) in [7, 11) is 1.61. The van der Waals surface area contributed by atoms with Crippen LogP contribution in [0.15, 0.2) is 36.0 Å². The molecule has 1 amide bonds. The molecule has 0 aromatic rings. The number of hydrogen-bond acceptors (Lipinski definition) is 1. The van der Waals surface area contributed by atoms with Crippen LogP contribution in [0.25, 0.3) is 0 Å². The van der Waals surface area contributed by atoms with Crippen molar-refractivity contribution in [1.82, 2.24) is 5.32 Å². The molecule has 2 nitrogen and oxygen atoms in total. The molecule has 0 heterocycles. The lowest BCUT2D eigenvalue weighted by Gasteiger charge is -2.04. The number of carbonyl (C=O) groups excluding carboxylic acids is 1. The SMILES string of the molecule is C=C/C=C(C(=O)NC)\C(C)=C/C. The van der Waals surface area contributed by atoms with E-state index in [-0.39, 0.29) is 5.91 Å². The minimum atomic E-state index is -0.0782. The van der Waals surface area contributed by atoms with Gasteiger partial charge in [-0.1, -0.05) is 18.7 Å². The minimum absolute atomic E-state index is 0.0782. The average molecular weight is 165 g/mol. The first-order valence-corrected chi connectivity index (χ1v) is 3.85. The van der Waals surface area contributed by atoms with E-state index in [0.717, 1.165) is 5.57 Å². The van der Waals surface area contributed by atoms with E-state index < -0.39 is 0 Å². The Morgan fingerprint density at radius 1 is 1.50 bits per heavy atom. The molecule has 0 saturated carbocycles. The lowest BCUT2D eigenvalue weighted by molar-refractivity contribution is -0.116. The fourth-order valence-corrected chi connectivity index (χ4v) is 0.794. The Hall–Kier alpha value is -1.31. The van der Waals surface area contributed by atoms with Crippen molar-refractivity contribution in [3.8, 4) is 0 Å². The highest BCUT2D eigenvalue weighted by atomic mass is 16.1. The van der Waals surface area contributed by atoms with Crippen LogP contribution in [0.3, 0.4) is 0 Å². The van der Waals surface area contributed by atoms with Crippen LogP contribution in [-0.4, -0.2) is 13.0 Å². The number of likely N-dealkylation sites (N-methyl/N-ethyl adjacent to an activating group) is 1. The largest absolute Gasteiger partial charge is 0.355 e. The van der Waals surface area contributed by atoms with Gasteiger partial charge in [-0.3, -0.25) is 4.79 Å².